The lowest BCUT2D eigenvalue weighted by Crippen LogP contribution is -2.33. The van der Waals surface area contributed by atoms with Crippen LogP contribution in [0, 0.1) is 0 Å². The SMILES string of the molecule is CC(=O)CCCCCNCCCN(CCCCNC(C)=O)C(C)=O. The van der Waals surface area contributed by atoms with Crippen LogP contribution < -0.4 is 10.6 Å². The molecule has 0 spiro atoms. The van der Waals surface area contributed by atoms with E-state index in [-0.39, 0.29) is 17.6 Å². The number of carbonyl (C=O) groups is 3. The number of carbonyl (C=O) groups excluding carboxylic acids is 3. The molecule has 0 aromatic heterocycles. The number of nitrogens with one attached hydrogen (secondary N) is 2. The molecule has 0 rings (SSSR count). The average molecular weight is 341 g/mol. The number of hydrogen-bond donors (Lipinski definition) is 2. The molecule has 0 saturated heterocycles. The molecular weight excluding hydrogens is 306 g/mol. The molecule has 140 valence electrons. The molecule has 24 heavy (non-hydrogen) atoms. The Hall–Kier alpha value is -1.43. The zero-order valence-corrected chi connectivity index (χ0v) is 15.7. The molecule has 2 amide bonds. The van der Waals surface area contributed by atoms with Crippen LogP contribution in [0.5, 0.6) is 0 Å². The molecule has 0 aliphatic carbocycles. The van der Waals surface area contributed by atoms with Crippen LogP contribution in [-0.2, 0) is 14.4 Å². The van der Waals surface area contributed by atoms with Crippen molar-refractivity contribution in [3.05, 3.63) is 0 Å². The van der Waals surface area contributed by atoms with Gasteiger partial charge in [0.05, 0.1) is 0 Å². The maximum Gasteiger partial charge on any atom is 0.219 e. The Balaban J connectivity index is 3.55. The van der Waals surface area contributed by atoms with Crippen LogP contribution in [0.4, 0.5) is 0 Å². The van der Waals surface area contributed by atoms with Gasteiger partial charge in [-0.15, -0.1) is 0 Å². The number of rotatable bonds is 15. The van der Waals surface area contributed by atoms with Gasteiger partial charge in [-0.3, -0.25) is 9.59 Å². The number of hydrogen-bond acceptors (Lipinski definition) is 4. The fourth-order valence-corrected chi connectivity index (χ4v) is 2.44. The third kappa shape index (κ3) is 15.5. The Morgan fingerprint density at radius 1 is 0.750 bits per heavy atom. The van der Waals surface area contributed by atoms with E-state index in [1.165, 1.54) is 6.92 Å². The van der Waals surface area contributed by atoms with Gasteiger partial charge in [0.15, 0.2) is 0 Å². The van der Waals surface area contributed by atoms with Gasteiger partial charge >= 0.3 is 0 Å². The summed E-state index contributed by atoms with van der Waals surface area (Å²) in [4.78, 5) is 35.1. The third-order valence-electron chi connectivity index (χ3n) is 3.84. The van der Waals surface area contributed by atoms with Gasteiger partial charge in [0, 0.05) is 39.9 Å². The molecular formula is C18H35N3O3. The first-order valence-electron chi connectivity index (χ1n) is 9.13. The minimum absolute atomic E-state index is 0.00853. The zero-order valence-electron chi connectivity index (χ0n) is 15.7. The van der Waals surface area contributed by atoms with E-state index in [0.29, 0.717) is 13.0 Å². The lowest BCUT2D eigenvalue weighted by molar-refractivity contribution is -0.129. The molecule has 0 atom stereocenters. The van der Waals surface area contributed by atoms with Crippen LogP contribution in [0.25, 0.3) is 0 Å². The van der Waals surface area contributed by atoms with E-state index in [9.17, 15) is 14.4 Å². The van der Waals surface area contributed by atoms with E-state index in [2.05, 4.69) is 10.6 Å². The number of Topliss-reactive ketones (excluding diaryl/α,β-unsaturated/α-hetero) is 1. The van der Waals surface area contributed by atoms with Gasteiger partial charge in [0.1, 0.15) is 5.78 Å². The maximum atomic E-state index is 11.6. The average Bonchev–Trinajstić information content (AvgIpc) is 2.49. The molecule has 0 unspecified atom stereocenters. The molecule has 0 aliphatic heterocycles. The topological polar surface area (TPSA) is 78.5 Å². The molecule has 0 aromatic carbocycles. The standard InChI is InChI=1S/C18H35N3O3/c1-16(22)10-5-4-6-11-19-12-9-15-21(18(3)24)14-8-7-13-20-17(2)23/h19H,4-15H2,1-3H3,(H,20,23). The first kappa shape index (κ1) is 22.6. The maximum absolute atomic E-state index is 11.6. The van der Waals surface area contributed by atoms with Crippen LogP contribution in [0.3, 0.4) is 0 Å². The van der Waals surface area contributed by atoms with Crippen molar-refractivity contribution in [1.29, 1.82) is 0 Å². The molecule has 0 bridgehead atoms. The van der Waals surface area contributed by atoms with Crippen molar-refractivity contribution >= 4 is 17.6 Å². The highest BCUT2D eigenvalue weighted by molar-refractivity contribution is 5.75. The summed E-state index contributed by atoms with van der Waals surface area (Å²) in [6.45, 7) is 8.82. The summed E-state index contributed by atoms with van der Waals surface area (Å²) in [5.74, 6) is 0.369. The molecule has 0 saturated carbocycles. The Labute approximate surface area is 146 Å². The highest BCUT2D eigenvalue weighted by Crippen LogP contribution is 2.00. The molecule has 6 heteroatoms. The molecule has 0 aromatic rings. The predicted molar refractivity (Wildman–Crippen MR) is 96.8 cm³/mol. The van der Waals surface area contributed by atoms with E-state index in [1.807, 2.05) is 4.90 Å². The Morgan fingerprint density at radius 3 is 2.00 bits per heavy atom. The summed E-state index contributed by atoms with van der Waals surface area (Å²) in [7, 11) is 0. The van der Waals surface area contributed by atoms with Crippen molar-refractivity contribution in [2.75, 3.05) is 32.7 Å². The fraction of sp³-hybridized carbons (Fsp3) is 0.833. The third-order valence-corrected chi connectivity index (χ3v) is 3.84. The molecule has 2 N–H and O–H groups in total. The van der Waals surface area contributed by atoms with Gasteiger partial charge in [-0.1, -0.05) is 6.42 Å². The van der Waals surface area contributed by atoms with Crippen molar-refractivity contribution in [1.82, 2.24) is 15.5 Å². The Morgan fingerprint density at radius 2 is 1.38 bits per heavy atom. The van der Waals surface area contributed by atoms with Gasteiger partial charge in [-0.2, -0.15) is 0 Å². The van der Waals surface area contributed by atoms with Crippen molar-refractivity contribution in [3.63, 3.8) is 0 Å². The van der Waals surface area contributed by atoms with Crippen molar-refractivity contribution in [2.45, 2.75) is 65.7 Å². The Bertz CT molecular complexity index is 373. The second-order valence-electron chi connectivity index (χ2n) is 6.31. The highest BCUT2D eigenvalue weighted by Gasteiger charge is 2.07. The summed E-state index contributed by atoms with van der Waals surface area (Å²) in [5, 5.41) is 6.15. The second-order valence-corrected chi connectivity index (χ2v) is 6.31. The second kappa shape index (κ2) is 15.1. The first-order valence-corrected chi connectivity index (χ1v) is 9.13. The molecule has 0 heterocycles. The van der Waals surface area contributed by atoms with Crippen molar-refractivity contribution in [2.24, 2.45) is 0 Å². The summed E-state index contributed by atoms with van der Waals surface area (Å²) in [6, 6.07) is 0. The summed E-state index contributed by atoms with van der Waals surface area (Å²) in [6.07, 6.45) is 6.58. The highest BCUT2D eigenvalue weighted by atomic mass is 16.2. The fourth-order valence-electron chi connectivity index (χ4n) is 2.44. The number of unbranched alkanes of at least 4 members (excludes halogenated alkanes) is 3. The normalized spacial score (nSPS) is 10.5. The van der Waals surface area contributed by atoms with Gasteiger partial charge in [0.2, 0.25) is 11.8 Å². The van der Waals surface area contributed by atoms with Gasteiger partial charge in [-0.05, 0) is 52.1 Å². The summed E-state index contributed by atoms with van der Waals surface area (Å²) >= 11 is 0. The molecule has 6 nitrogen and oxygen atoms in total. The van der Waals surface area contributed by atoms with E-state index < -0.39 is 0 Å². The quantitative estimate of drug-likeness (QED) is 0.446. The van der Waals surface area contributed by atoms with E-state index in [1.54, 1.807) is 13.8 Å². The largest absolute Gasteiger partial charge is 0.356 e. The van der Waals surface area contributed by atoms with Crippen LogP contribution in [0.1, 0.15) is 65.7 Å². The molecule has 0 fully saturated rings. The predicted octanol–water partition coefficient (Wildman–Crippen LogP) is 1.88. The smallest absolute Gasteiger partial charge is 0.219 e. The number of amides is 2. The van der Waals surface area contributed by atoms with Gasteiger partial charge in [0.25, 0.3) is 0 Å². The van der Waals surface area contributed by atoms with Crippen LogP contribution in [0.2, 0.25) is 0 Å². The lowest BCUT2D eigenvalue weighted by atomic mass is 10.1. The minimum atomic E-state index is -0.00853. The van der Waals surface area contributed by atoms with Crippen molar-refractivity contribution in [3.8, 4) is 0 Å². The van der Waals surface area contributed by atoms with Crippen molar-refractivity contribution < 1.29 is 14.4 Å². The number of ketones is 1. The summed E-state index contributed by atoms with van der Waals surface area (Å²) < 4.78 is 0. The van der Waals surface area contributed by atoms with Crippen LogP contribution in [-0.4, -0.2) is 55.2 Å². The monoisotopic (exact) mass is 341 g/mol. The Kier molecular flexibility index (Phi) is 14.2. The van der Waals surface area contributed by atoms with Crippen LogP contribution >= 0.6 is 0 Å². The number of nitrogens with zero attached hydrogens (tertiary/aromatic N) is 1. The molecule has 0 radical (unpaired) electrons. The van der Waals surface area contributed by atoms with E-state index in [4.69, 9.17) is 0 Å². The first-order chi connectivity index (χ1) is 11.4. The summed E-state index contributed by atoms with van der Waals surface area (Å²) in [5.41, 5.74) is 0. The lowest BCUT2D eigenvalue weighted by Gasteiger charge is -2.21. The van der Waals surface area contributed by atoms with Gasteiger partial charge in [-0.25, -0.2) is 0 Å². The van der Waals surface area contributed by atoms with E-state index in [0.717, 1.165) is 64.7 Å². The zero-order chi connectivity index (χ0) is 18.2. The molecule has 0 aliphatic rings. The minimum Gasteiger partial charge on any atom is -0.356 e. The van der Waals surface area contributed by atoms with E-state index >= 15 is 0 Å². The van der Waals surface area contributed by atoms with Crippen LogP contribution in [0.15, 0.2) is 0 Å². The van der Waals surface area contributed by atoms with Gasteiger partial charge < -0.3 is 20.3 Å².